The van der Waals surface area contributed by atoms with Crippen LogP contribution in [0.1, 0.15) is 38.3 Å². The van der Waals surface area contributed by atoms with Crippen LogP contribution in [0.5, 0.6) is 0 Å². The molecule has 0 unspecified atom stereocenters. The number of hydrogen-bond donors (Lipinski definition) is 2. The number of rotatable bonds is 4. The van der Waals surface area contributed by atoms with Gasteiger partial charge in [0.1, 0.15) is 8.42 Å². The Morgan fingerprint density at radius 1 is 1.45 bits per heavy atom. The van der Waals surface area contributed by atoms with Crippen LogP contribution in [-0.4, -0.2) is 28.6 Å². The van der Waals surface area contributed by atoms with Crippen molar-refractivity contribution < 1.29 is 16.8 Å². The number of primary sulfonamides is 1. The number of nitrogens with two attached hydrogens (primary N) is 1. The molecule has 0 aliphatic carbocycles. The quantitative estimate of drug-likeness (QED) is 0.852. The van der Waals surface area contributed by atoms with Gasteiger partial charge in [0.25, 0.3) is 0 Å². The highest BCUT2D eigenvalue weighted by molar-refractivity contribution is 7.95. The lowest BCUT2D eigenvalue weighted by Crippen LogP contribution is -2.34. The second kappa shape index (κ2) is 5.38. The van der Waals surface area contributed by atoms with Crippen LogP contribution >= 0.6 is 11.3 Å². The summed E-state index contributed by atoms with van der Waals surface area (Å²) in [6.45, 7) is 4.43. The summed E-state index contributed by atoms with van der Waals surface area (Å²) in [6.07, 6.45) is 0.965. The summed E-state index contributed by atoms with van der Waals surface area (Å²) in [5.74, 6) is 0. The molecular formula is C11H18N2O4S3. The third-order valence-electron chi connectivity index (χ3n) is 3.46. The molecule has 2 heterocycles. The zero-order chi connectivity index (χ0) is 15.1. The van der Waals surface area contributed by atoms with E-state index >= 15 is 0 Å². The van der Waals surface area contributed by atoms with Crippen molar-refractivity contribution in [3.05, 3.63) is 11.6 Å². The minimum Gasteiger partial charge on any atom is -0.310 e. The first-order valence-corrected chi connectivity index (χ1v) is 10.3. The predicted octanol–water partition coefficient (Wildman–Crippen LogP) is 1.00. The number of sulfone groups is 1. The summed E-state index contributed by atoms with van der Waals surface area (Å²) in [5.41, 5.74) is 0.533. The molecule has 0 saturated carbocycles. The van der Waals surface area contributed by atoms with Crippen LogP contribution in [0.3, 0.4) is 0 Å². The van der Waals surface area contributed by atoms with E-state index in [-0.39, 0.29) is 14.5 Å². The van der Waals surface area contributed by atoms with Crippen molar-refractivity contribution in [2.75, 3.05) is 6.54 Å². The third-order valence-corrected chi connectivity index (χ3v) is 8.93. The van der Waals surface area contributed by atoms with Gasteiger partial charge in [0.15, 0.2) is 9.84 Å². The van der Waals surface area contributed by atoms with E-state index in [1.54, 1.807) is 0 Å². The predicted molar refractivity (Wildman–Crippen MR) is 78.0 cm³/mol. The fourth-order valence-electron chi connectivity index (χ4n) is 2.46. The molecule has 1 aliphatic heterocycles. The zero-order valence-electron chi connectivity index (χ0n) is 11.3. The van der Waals surface area contributed by atoms with Crippen molar-refractivity contribution >= 4 is 31.2 Å². The van der Waals surface area contributed by atoms with E-state index in [0.29, 0.717) is 24.9 Å². The second-order valence-corrected chi connectivity index (χ2v) is 10.0. The summed E-state index contributed by atoms with van der Waals surface area (Å²) in [7, 11) is -7.35. The molecule has 0 amide bonds. The Bertz CT molecular complexity index is 706. The van der Waals surface area contributed by atoms with E-state index in [0.717, 1.165) is 11.3 Å². The lowest BCUT2D eigenvalue weighted by Gasteiger charge is -2.29. The van der Waals surface area contributed by atoms with Gasteiger partial charge in [-0.05, 0) is 25.5 Å². The van der Waals surface area contributed by atoms with Crippen LogP contribution in [0, 0.1) is 0 Å². The molecule has 0 fully saturated rings. The summed E-state index contributed by atoms with van der Waals surface area (Å²) in [5, 5.41) is 7.84. The van der Waals surface area contributed by atoms with Gasteiger partial charge in [-0.15, -0.1) is 11.3 Å². The summed E-state index contributed by atoms with van der Waals surface area (Å²) in [6, 6.07) is 1.25. The van der Waals surface area contributed by atoms with Gasteiger partial charge in [0, 0.05) is 11.6 Å². The van der Waals surface area contributed by atoms with Crippen LogP contribution in [0.25, 0.3) is 0 Å². The van der Waals surface area contributed by atoms with E-state index in [9.17, 15) is 16.8 Å². The van der Waals surface area contributed by atoms with Gasteiger partial charge in [-0.3, -0.25) is 0 Å². The van der Waals surface area contributed by atoms with Gasteiger partial charge >= 0.3 is 0 Å². The summed E-state index contributed by atoms with van der Waals surface area (Å²) < 4.78 is 47.9. The molecule has 1 aromatic heterocycles. The normalized spacial score (nSPS) is 25.4. The number of nitrogens with one attached hydrogen (secondary N) is 1. The highest BCUT2D eigenvalue weighted by Crippen LogP contribution is 2.43. The Morgan fingerprint density at radius 2 is 2.10 bits per heavy atom. The van der Waals surface area contributed by atoms with Crippen LogP contribution in [-0.2, 0) is 19.9 Å². The zero-order valence-corrected chi connectivity index (χ0v) is 13.7. The van der Waals surface area contributed by atoms with Crippen LogP contribution < -0.4 is 10.5 Å². The SMILES string of the molecule is CCN[C@H]1C[C@@H](CC)S(=O)(=O)c2sc(S(N)(=O)=O)cc21. The second-order valence-electron chi connectivity index (χ2n) is 4.77. The standard InChI is InChI=1S/C11H18N2O4S3/c1-3-7-5-9(13-4-2)8-6-10(20(12,16)17)18-11(8)19(7,14)15/h6-7,9,13H,3-5H2,1-2H3,(H2,12,16,17)/t7-,9+/m1/s1. The Balaban J connectivity index is 2.64. The van der Waals surface area contributed by atoms with E-state index in [4.69, 9.17) is 5.14 Å². The first kappa shape index (κ1) is 15.9. The Labute approximate surface area is 123 Å². The molecule has 3 N–H and O–H groups in total. The maximum atomic E-state index is 12.5. The number of thiophene rings is 1. The van der Waals surface area contributed by atoms with E-state index in [2.05, 4.69) is 5.32 Å². The van der Waals surface area contributed by atoms with Gasteiger partial charge in [-0.1, -0.05) is 13.8 Å². The monoisotopic (exact) mass is 338 g/mol. The first-order valence-electron chi connectivity index (χ1n) is 6.35. The average molecular weight is 338 g/mol. The lowest BCUT2D eigenvalue weighted by molar-refractivity contribution is 0.463. The maximum Gasteiger partial charge on any atom is 0.247 e. The molecule has 6 nitrogen and oxygen atoms in total. The molecule has 114 valence electrons. The maximum absolute atomic E-state index is 12.5. The van der Waals surface area contributed by atoms with Crippen molar-refractivity contribution in [2.24, 2.45) is 5.14 Å². The van der Waals surface area contributed by atoms with Crippen LogP contribution in [0.15, 0.2) is 14.5 Å². The molecule has 0 aromatic carbocycles. The molecule has 9 heteroatoms. The van der Waals surface area contributed by atoms with E-state index in [1.165, 1.54) is 6.07 Å². The molecule has 0 bridgehead atoms. The molecule has 1 aromatic rings. The molecular weight excluding hydrogens is 320 g/mol. The average Bonchev–Trinajstić information content (AvgIpc) is 2.78. The largest absolute Gasteiger partial charge is 0.310 e. The molecule has 0 radical (unpaired) electrons. The van der Waals surface area contributed by atoms with Gasteiger partial charge in [-0.2, -0.15) is 0 Å². The minimum atomic E-state index is -3.88. The minimum absolute atomic E-state index is 0.0919. The van der Waals surface area contributed by atoms with Crippen molar-refractivity contribution in [3.8, 4) is 0 Å². The van der Waals surface area contributed by atoms with Gasteiger partial charge in [0.05, 0.1) is 5.25 Å². The number of hydrogen-bond acceptors (Lipinski definition) is 6. The van der Waals surface area contributed by atoms with E-state index in [1.807, 2.05) is 13.8 Å². The smallest absolute Gasteiger partial charge is 0.247 e. The fraction of sp³-hybridized carbons (Fsp3) is 0.636. The van der Waals surface area contributed by atoms with Crippen molar-refractivity contribution in [1.29, 1.82) is 0 Å². The van der Waals surface area contributed by atoms with Crippen molar-refractivity contribution in [3.63, 3.8) is 0 Å². The Kier molecular flexibility index (Phi) is 4.27. The summed E-state index contributed by atoms with van der Waals surface area (Å²) in [4.78, 5) is 0. The third kappa shape index (κ3) is 2.64. The molecule has 2 atom stereocenters. The van der Waals surface area contributed by atoms with Gasteiger partial charge < -0.3 is 5.32 Å². The topological polar surface area (TPSA) is 106 Å². The fourth-order valence-corrected chi connectivity index (χ4v) is 7.18. The lowest BCUT2D eigenvalue weighted by atomic mass is 10.0. The van der Waals surface area contributed by atoms with Gasteiger partial charge in [0.2, 0.25) is 10.0 Å². The van der Waals surface area contributed by atoms with E-state index < -0.39 is 25.1 Å². The first-order chi connectivity index (χ1) is 9.21. The Hall–Kier alpha value is -0.480. The van der Waals surface area contributed by atoms with Crippen LogP contribution in [0.4, 0.5) is 0 Å². The molecule has 0 saturated heterocycles. The van der Waals surface area contributed by atoms with Crippen LogP contribution in [0.2, 0.25) is 0 Å². The highest BCUT2D eigenvalue weighted by Gasteiger charge is 2.40. The van der Waals surface area contributed by atoms with Crippen molar-refractivity contribution in [2.45, 2.75) is 46.4 Å². The summed E-state index contributed by atoms with van der Waals surface area (Å²) >= 11 is 0.757. The number of fused-ring (bicyclic) bond motifs is 1. The number of sulfonamides is 1. The molecule has 1 aliphatic rings. The van der Waals surface area contributed by atoms with Gasteiger partial charge in [-0.25, -0.2) is 22.0 Å². The molecule has 20 heavy (non-hydrogen) atoms. The van der Waals surface area contributed by atoms with Crippen molar-refractivity contribution in [1.82, 2.24) is 5.32 Å². The molecule has 0 spiro atoms. The molecule has 2 rings (SSSR count). The Morgan fingerprint density at radius 3 is 2.60 bits per heavy atom. The highest BCUT2D eigenvalue weighted by atomic mass is 32.3.